The second-order valence-electron chi connectivity index (χ2n) is 7.05. The summed E-state index contributed by atoms with van der Waals surface area (Å²) >= 11 is 0. The van der Waals surface area contributed by atoms with Crippen LogP contribution in [0.3, 0.4) is 0 Å². The van der Waals surface area contributed by atoms with E-state index in [1.54, 1.807) is 24.3 Å². The van der Waals surface area contributed by atoms with E-state index in [0.717, 1.165) is 22.2 Å². The fourth-order valence-corrected chi connectivity index (χ4v) is 3.90. The van der Waals surface area contributed by atoms with Crippen molar-refractivity contribution in [2.75, 3.05) is 13.7 Å². The van der Waals surface area contributed by atoms with Crippen molar-refractivity contribution in [1.82, 2.24) is 4.57 Å². The lowest BCUT2D eigenvalue weighted by Crippen LogP contribution is -2.15. The minimum Gasteiger partial charge on any atom is -0.496 e. The van der Waals surface area contributed by atoms with E-state index in [4.69, 9.17) is 9.47 Å². The molecule has 4 rings (SSSR count). The predicted molar refractivity (Wildman–Crippen MR) is 121 cm³/mol. The Labute approximate surface area is 180 Å². The Hall–Kier alpha value is -3.86. The number of fused-ring (bicyclic) bond motifs is 1. The second-order valence-corrected chi connectivity index (χ2v) is 7.05. The standard InChI is InChI=1S/C26H23NO4/c1-3-27-21-15-9-7-13-19(21)24(25(27)18-11-5-4-6-12-18)22(28)17-31-26(29)20-14-8-10-16-23(20)30-2/h4-16H,3,17H2,1-2H3. The molecule has 5 heteroatoms. The number of benzene rings is 3. The van der Waals surface area contributed by atoms with Crippen LogP contribution in [0.2, 0.25) is 0 Å². The van der Waals surface area contributed by atoms with Gasteiger partial charge in [-0.05, 0) is 30.7 Å². The van der Waals surface area contributed by atoms with E-state index in [1.807, 2.05) is 54.6 Å². The van der Waals surface area contributed by atoms with E-state index in [-0.39, 0.29) is 18.0 Å². The minimum atomic E-state index is -0.591. The summed E-state index contributed by atoms with van der Waals surface area (Å²) in [5.74, 6) is -0.427. The fraction of sp³-hybridized carbons (Fsp3) is 0.154. The average Bonchev–Trinajstić information content (AvgIpc) is 3.17. The van der Waals surface area contributed by atoms with Gasteiger partial charge in [-0.2, -0.15) is 0 Å². The lowest BCUT2D eigenvalue weighted by molar-refractivity contribution is 0.0472. The van der Waals surface area contributed by atoms with E-state index < -0.39 is 5.97 Å². The molecule has 0 fully saturated rings. The van der Waals surface area contributed by atoms with Crippen LogP contribution in [0.1, 0.15) is 27.6 Å². The van der Waals surface area contributed by atoms with Crippen LogP contribution in [0, 0.1) is 0 Å². The minimum absolute atomic E-state index is 0.245. The van der Waals surface area contributed by atoms with Gasteiger partial charge in [-0.3, -0.25) is 4.79 Å². The van der Waals surface area contributed by atoms with Crippen LogP contribution < -0.4 is 4.74 Å². The molecular formula is C26H23NO4. The first-order valence-corrected chi connectivity index (χ1v) is 10.2. The SMILES string of the molecule is CCn1c(-c2ccccc2)c(C(=O)COC(=O)c2ccccc2OC)c2ccccc21. The van der Waals surface area contributed by atoms with Gasteiger partial charge in [-0.1, -0.05) is 60.7 Å². The average molecular weight is 413 g/mol. The van der Waals surface area contributed by atoms with Gasteiger partial charge in [0, 0.05) is 17.4 Å². The molecule has 0 N–H and O–H groups in total. The topological polar surface area (TPSA) is 57.5 Å². The van der Waals surface area contributed by atoms with Crippen molar-refractivity contribution in [3.63, 3.8) is 0 Å². The van der Waals surface area contributed by atoms with Crippen molar-refractivity contribution in [1.29, 1.82) is 0 Å². The molecule has 0 radical (unpaired) electrons. The summed E-state index contributed by atoms with van der Waals surface area (Å²) in [5, 5.41) is 0.849. The number of carbonyl (C=O) groups is 2. The molecule has 0 saturated carbocycles. The number of carbonyl (C=O) groups excluding carboxylic acids is 2. The molecule has 0 unspecified atom stereocenters. The van der Waals surface area contributed by atoms with Crippen LogP contribution in [-0.2, 0) is 11.3 Å². The molecule has 0 aliphatic heterocycles. The molecule has 4 aromatic rings. The molecule has 0 amide bonds. The quantitative estimate of drug-likeness (QED) is 0.302. The maximum atomic E-state index is 13.4. The number of esters is 1. The lowest BCUT2D eigenvalue weighted by atomic mass is 10.0. The molecule has 1 heterocycles. The van der Waals surface area contributed by atoms with Crippen LogP contribution >= 0.6 is 0 Å². The number of Topliss-reactive ketones (excluding diaryl/α,β-unsaturated/α-hetero) is 1. The monoisotopic (exact) mass is 413 g/mol. The van der Waals surface area contributed by atoms with Crippen molar-refractivity contribution in [3.05, 3.63) is 90.0 Å². The molecule has 31 heavy (non-hydrogen) atoms. The lowest BCUT2D eigenvalue weighted by Gasteiger charge is -2.11. The highest BCUT2D eigenvalue weighted by Gasteiger charge is 2.24. The van der Waals surface area contributed by atoms with E-state index in [9.17, 15) is 9.59 Å². The van der Waals surface area contributed by atoms with Crippen molar-refractivity contribution in [3.8, 4) is 17.0 Å². The van der Waals surface area contributed by atoms with Gasteiger partial charge >= 0.3 is 5.97 Å². The van der Waals surface area contributed by atoms with Gasteiger partial charge in [0.25, 0.3) is 0 Å². The van der Waals surface area contributed by atoms with Gasteiger partial charge in [0.15, 0.2) is 6.61 Å². The van der Waals surface area contributed by atoms with Crippen LogP contribution in [-0.4, -0.2) is 30.0 Å². The normalized spacial score (nSPS) is 10.8. The highest BCUT2D eigenvalue weighted by atomic mass is 16.5. The summed E-state index contributed by atoms with van der Waals surface area (Å²) in [7, 11) is 1.49. The highest BCUT2D eigenvalue weighted by molar-refractivity contribution is 6.14. The third-order valence-corrected chi connectivity index (χ3v) is 5.27. The maximum absolute atomic E-state index is 13.4. The van der Waals surface area contributed by atoms with Gasteiger partial charge in [0.1, 0.15) is 11.3 Å². The van der Waals surface area contributed by atoms with Gasteiger partial charge in [-0.25, -0.2) is 4.79 Å². The zero-order valence-electron chi connectivity index (χ0n) is 17.5. The van der Waals surface area contributed by atoms with E-state index in [1.165, 1.54) is 7.11 Å². The summed E-state index contributed by atoms with van der Waals surface area (Å²) in [5.41, 5.74) is 3.61. The number of ether oxygens (including phenoxy) is 2. The highest BCUT2D eigenvalue weighted by Crippen LogP contribution is 2.34. The number of nitrogens with zero attached hydrogens (tertiary/aromatic N) is 1. The fourth-order valence-electron chi connectivity index (χ4n) is 3.90. The summed E-state index contributed by atoms with van der Waals surface area (Å²) in [6.45, 7) is 2.41. The summed E-state index contributed by atoms with van der Waals surface area (Å²) in [6, 6.07) is 24.4. The molecular weight excluding hydrogens is 390 g/mol. The van der Waals surface area contributed by atoms with E-state index in [2.05, 4.69) is 11.5 Å². The number of methoxy groups -OCH3 is 1. The number of hydrogen-bond donors (Lipinski definition) is 0. The number of para-hydroxylation sites is 2. The molecule has 0 bridgehead atoms. The largest absolute Gasteiger partial charge is 0.496 e. The van der Waals surface area contributed by atoms with Gasteiger partial charge in [-0.15, -0.1) is 0 Å². The first-order chi connectivity index (χ1) is 15.2. The van der Waals surface area contributed by atoms with Crippen molar-refractivity contribution < 1.29 is 19.1 Å². The van der Waals surface area contributed by atoms with E-state index >= 15 is 0 Å². The van der Waals surface area contributed by atoms with Crippen molar-refractivity contribution in [2.45, 2.75) is 13.5 Å². The van der Waals surface area contributed by atoms with Gasteiger partial charge in [0.05, 0.1) is 18.4 Å². The third-order valence-electron chi connectivity index (χ3n) is 5.27. The zero-order chi connectivity index (χ0) is 21.8. The molecule has 5 nitrogen and oxygen atoms in total. The first-order valence-electron chi connectivity index (χ1n) is 10.2. The van der Waals surface area contributed by atoms with Crippen LogP contribution in [0.4, 0.5) is 0 Å². The zero-order valence-corrected chi connectivity index (χ0v) is 17.5. The molecule has 0 aliphatic carbocycles. The molecule has 3 aromatic carbocycles. The Kier molecular flexibility index (Phi) is 5.85. The Balaban J connectivity index is 1.72. The summed E-state index contributed by atoms with van der Waals surface area (Å²) in [6.07, 6.45) is 0. The molecule has 1 aromatic heterocycles. The number of aromatic nitrogens is 1. The van der Waals surface area contributed by atoms with Gasteiger partial charge in [0.2, 0.25) is 5.78 Å². The summed E-state index contributed by atoms with van der Waals surface area (Å²) in [4.78, 5) is 25.9. The van der Waals surface area contributed by atoms with Gasteiger partial charge < -0.3 is 14.0 Å². The molecule has 156 valence electrons. The van der Waals surface area contributed by atoms with Crippen LogP contribution in [0.25, 0.3) is 22.2 Å². The molecule has 0 spiro atoms. The number of hydrogen-bond acceptors (Lipinski definition) is 4. The Morgan fingerprint density at radius 3 is 2.29 bits per heavy atom. The van der Waals surface area contributed by atoms with E-state index in [0.29, 0.717) is 17.9 Å². The smallest absolute Gasteiger partial charge is 0.342 e. The summed E-state index contributed by atoms with van der Waals surface area (Å²) < 4.78 is 12.7. The number of rotatable bonds is 7. The Morgan fingerprint density at radius 1 is 0.871 bits per heavy atom. The van der Waals surface area contributed by atoms with Crippen molar-refractivity contribution >= 4 is 22.7 Å². The van der Waals surface area contributed by atoms with Crippen LogP contribution in [0.5, 0.6) is 5.75 Å². The first kappa shape index (κ1) is 20.4. The molecule has 0 aliphatic rings. The Morgan fingerprint density at radius 2 is 1.55 bits per heavy atom. The Bertz CT molecular complexity index is 1240. The third kappa shape index (κ3) is 3.82. The molecule has 0 saturated heterocycles. The maximum Gasteiger partial charge on any atom is 0.342 e. The number of ketones is 1. The van der Waals surface area contributed by atoms with Crippen molar-refractivity contribution in [2.24, 2.45) is 0 Å². The predicted octanol–water partition coefficient (Wildman–Crippen LogP) is 5.38. The second kappa shape index (κ2) is 8.88. The number of aryl methyl sites for hydroxylation is 1. The molecule has 0 atom stereocenters. The van der Waals surface area contributed by atoms with Crippen LogP contribution in [0.15, 0.2) is 78.9 Å².